The number of benzene rings is 1. The molecule has 1 aromatic carbocycles. The van der Waals surface area contributed by atoms with Crippen LogP contribution in [0.15, 0.2) is 26.2 Å². The van der Waals surface area contributed by atoms with Crippen molar-refractivity contribution in [2.45, 2.75) is 32.4 Å². The monoisotopic (exact) mass is 616 g/mol. The fourth-order valence-corrected chi connectivity index (χ4v) is 4.41. The first-order valence-electron chi connectivity index (χ1n) is 8.36. The first-order valence-corrected chi connectivity index (χ1v) is 11.0. The predicted octanol–water partition coefficient (Wildman–Crippen LogP) is 2.24. The van der Waals surface area contributed by atoms with E-state index in [2.05, 4.69) is 78.9 Å². The average molecular weight is 618 g/mol. The van der Waals surface area contributed by atoms with Crippen molar-refractivity contribution in [3.05, 3.63) is 42.1 Å². The Kier molecular flexibility index (Phi) is 8.43. The second kappa shape index (κ2) is 9.78. The van der Waals surface area contributed by atoms with Crippen LogP contribution in [-0.2, 0) is 17.7 Å². The van der Waals surface area contributed by atoms with Crippen LogP contribution >= 0.6 is 54.5 Å². The van der Waals surface area contributed by atoms with Crippen molar-refractivity contribution in [2.24, 2.45) is 4.99 Å². The van der Waals surface area contributed by atoms with Crippen LogP contribution in [0.2, 0.25) is 0 Å². The number of nitrogens with zero attached hydrogens (tertiary/aromatic N) is 2. The Morgan fingerprint density at radius 3 is 2.46 bits per heavy atom. The number of aromatic nitrogens is 1. The van der Waals surface area contributed by atoms with Crippen LogP contribution in [0.3, 0.4) is 0 Å². The summed E-state index contributed by atoms with van der Waals surface area (Å²) in [5, 5.41) is 0. The zero-order valence-electron chi connectivity index (χ0n) is 16.5. The van der Waals surface area contributed by atoms with Crippen molar-refractivity contribution in [1.29, 1.82) is 0 Å². The minimum absolute atomic E-state index is 0. The van der Waals surface area contributed by atoms with Crippen LogP contribution in [0.1, 0.15) is 25.1 Å². The number of hydrogen-bond acceptors (Lipinski definition) is 4. The molecule has 5 nitrogen and oxygen atoms in total. The third kappa shape index (κ3) is 5.12. The predicted molar refractivity (Wildman–Crippen MR) is 121 cm³/mol. The largest absolute Gasteiger partial charge is 1.00 e. The van der Waals surface area contributed by atoms with Gasteiger partial charge in [-0.3, -0.25) is 0 Å². The van der Waals surface area contributed by atoms with E-state index in [-0.39, 0.29) is 24.4 Å². The van der Waals surface area contributed by atoms with Crippen LogP contribution in [-0.4, -0.2) is 36.8 Å². The average Bonchev–Trinajstić information content (AvgIpc) is 3.13. The van der Waals surface area contributed by atoms with Crippen molar-refractivity contribution in [3.63, 3.8) is 0 Å². The van der Waals surface area contributed by atoms with Gasteiger partial charge in [0.25, 0.3) is 0 Å². The Balaban J connectivity index is 0.00000280. The Hall–Kier alpha value is -0.143. The summed E-state index contributed by atoms with van der Waals surface area (Å²) < 4.78 is 21.7. The number of rotatable bonds is 6. The molecule has 0 saturated carbocycles. The Bertz CT molecular complexity index is 900. The second-order valence-electron chi connectivity index (χ2n) is 6.80. The van der Waals surface area contributed by atoms with Gasteiger partial charge in [-0.05, 0) is 70.9 Å². The summed E-state index contributed by atoms with van der Waals surface area (Å²) in [6.07, 6.45) is 0.815. The molecule has 0 radical (unpaired) electrons. The number of methoxy groups -OCH3 is 2. The topological polar surface area (TPSA) is 45.0 Å². The van der Waals surface area contributed by atoms with Gasteiger partial charge < -0.3 is 23.8 Å². The fraction of sp³-hybridized carbons (Fsp3) is 0.421. The molecule has 0 bridgehead atoms. The fourth-order valence-electron chi connectivity index (χ4n) is 2.84. The molecule has 3 rings (SSSR count). The van der Waals surface area contributed by atoms with Gasteiger partial charge in [-0.2, -0.15) is 0 Å². The molecule has 146 valence electrons. The molecule has 2 heterocycles. The molecule has 0 fully saturated rings. The van der Waals surface area contributed by atoms with Crippen LogP contribution < -0.4 is 28.3 Å². The van der Waals surface area contributed by atoms with Crippen LogP contribution in [0, 0.1) is 9.64 Å². The molecule has 9 heteroatoms. The van der Waals surface area contributed by atoms with Crippen LogP contribution in [0.25, 0.3) is 0 Å². The molecule has 0 amide bonds. The number of halogens is 3. The van der Waals surface area contributed by atoms with Gasteiger partial charge in [0.1, 0.15) is 5.90 Å². The van der Waals surface area contributed by atoms with Gasteiger partial charge in [0.2, 0.25) is 0 Å². The molecule has 1 aliphatic heterocycles. The third-order valence-corrected chi connectivity index (χ3v) is 7.18. The van der Waals surface area contributed by atoms with Gasteiger partial charge in [0.15, 0.2) is 11.5 Å². The zero-order valence-corrected chi connectivity index (χ0v) is 21.9. The van der Waals surface area contributed by atoms with Gasteiger partial charge in [-0.15, -0.1) is 22.0 Å². The minimum atomic E-state index is -0.212. The van der Waals surface area contributed by atoms with E-state index in [0.717, 1.165) is 42.8 Å². The van der Waals surface area contributed by atoms with E-state index in [9.17, 15) is 0 Å². The summed E-state index contributed by atoms with van der Waals surface area (Å²) in [7, 11) is 3.30. The molecule has 0 unspecified atom stereocenters. The van der Waals surface area contributed by atoms with Crippen molar-refractivity contribution in [3.8, 4) is 11.5 Å². The molecular formula is C19H20Br2ILiN2O3. The summed E-state index contributed by atoms with van der Waals surface area (Å²) in [4.78, 5) is 4.69. The van der Waals surface area contributed by atoms with E-state index < -0.39 is 0 Å². The molecule has 0 atom stereocenters. The molecule has 2 aromatic rings. The number of aryl methyl sites for hydroxylation is 1. The van der Waals surface area contributed by atoms with Gasteiger partial charge >= 0.3 is 18.9 Å². The van der Waals surface area contributed by atoms with Gasteiger partial charge in [0.05, 0.1) is 26.4 Å². The molecule has 28 heavy (non-hydrogen) atoms. The molecule has 0 N–H and O–H groups in total. The van der Waals surface area contributed by atoms with E-state index in [1.54, 1.807) is 14.2 Å². The summed E-state index contributed by atoms with van der Waals surface area (Å²) in [6, 6.07) is 7.34. The van der Waals surface area contributed by atoms with Gasteiger partial charge in [-0.1, -0.05) is 20.4 Å². The van der Waals surface area contributed by atoms with Crippen LogP contribution in [0.5, 0.6) is 11.5 Å². The van der Waals surface area contributed by atoms with Gasteiger partial charge in [0, 0.05) is 10.1 Å². The van der Waals surface area contributed by atoms with Gasteiger partial charge in [-0.25, -0.2) is 0 Å². The maximum atomic E-state index is 5.82. The van der Waals surface area contributed by atoms with E-state index in [1.807, 2.05) is 12.1 Å². The Morgan fingerprint density at radius 2 is 1.89 bits per heavy atom. The van der Waals surface area contributed by atoms with E-state index in [0.29, 0.717) is 12.5 Å². The van der Waals surface area contributed by atoms with Crippen molar-refractivity contribution in [1.82, 2.24) is 4.57 Å². The van der Waals surface area contributed by atoms with Crippen molar-refractivity contribution >= 4 is 60.3 Å². The summed E-state index contributed by atoms with van der Waals surface area (Å²) >= 11 is 9.53. The standard InChI is InChI=1S/C19H20Br2IN2O3.Li/c1-19(2)10-27-18(23-19)14-8-12(20)17(21)24(14)6-5-11-7-15(25-3)16(26-4)9-13(11)22;/h7,9H,5-6,10H2,1-4H3;/q-1;+1. The van der Waals surface area contributed by atoms with E-state index in [4.69, 9.17) is 19.2 Å². The summed E-state index contributed by atoms with van der Waals surface area (Å²) in [5.41, 5.74) is 1.82. The second-order valence-corrected chi connectivity index (χ2v) is 9.50. The van der Waals surface area contributed by atoms with Crippen LogP contribution in [0.4, 0.5) is 0 Å². The van der Waals surface area contributed by atoms with E-state index in [1.165, 1.54) is 5.56 Å². The minimum Gasteiger partial charge on any atom is -0.530 e. The third-order valence-electron chi connectivity index (χ3n) is 4.24. The molecule has 1 aromatic heterocycles. The summed E-state index contributed by atoms with van der Waals surface area (Å²) in [5.74, 6) is 2.10. The SMILES string of the molecule is COc1cc(I)c(CCn2c(C3=NC(C)(C)CO3)[c-]c(Br)c2Br)cc1OC.[Li+]. The number of hydrogen-bond donors (Lipinski definition) is 0. The molecule has 0 saturated heterocycles. The van der Waals surface area contributed by atoms with E-state index >= 15 is 0 Å². The Morgan fingerprint density at radius 1 is 1.25 bits per heavy atom. The molecular weight excluding hydrogens is 598 g/mol. The smallest absolute Gasteiger partial charge is 0.530 e. The zero-order chi connectivity index (χ0) is 19.8. The van der Waals surface area contributed by atoms with Crippen molar-refractivity contribution < 1.29 is 33.1 Å². The first-order chi connectivity index (χ1) is 12.8. The number of aliphatic imine (C=N–C) groups is 1. The molecule has 0 spiro atoms. The summed E-state index contributed by atoms with van der Waals surface area (Å²) in [6.45, 7) is 5.43. The Labute approximate surface area is 208 Å². The quantitative estimate of drug-likeness (QED) is 0.284. The maximum Gasteiger partial charge on any atom is 1.00 e. The molecule has 0 aliphatic carbocycles. The molecule has 1 aliphatic rings. The van der Waals surface area contributed by atoms with Crippen molar-refractivity contribution in [2.75, 3.05) is 20.8 Å². The number of ether oxygens (including phenoxy) is 3. The normalized spacial score (nSPS) is 14.9. The maximum absolute atomic E-state index is 5.82. The first kappa shape index (κ1) is 24.1.